The first-order chi connectivity index (χ1) is 5.77. The van der Waals surface area contributed by atoms with Crippen molar-refractivity contribution in [3.05, 3.63) is 23.4 Å². The van der Waals surface area contributed by atoms with E-state index < -0.39 is 0 Å². The number of fused-ring (bicyclic) bond motifs is 1. The molecule has 0 aromatic carbocycles. The van der Waals surface area contributed by atoms with E-state index in [1.54, 1.807) is 24.9 Å². The molecular formula is C8H8N2OS. The predicted octanol–water partition coefficient (Wildman–Crippen LogP) is 1.35. The van der Waals surface area contributed by atoms with Gasteiger partial charge in [0.1, 0.15) is 0 Å². The molecule has 2 heterocycles. The Balaban J connectivity index is 2.25. The van der Waals surface area contributed by atoms with Crippen LogP contribution in [0.5, 0.6) is 0 Å². The van der Waals surface area contributed by atoms with Crippen molar-refractivity contribution in [1.82, 2.24) is 4.90 Å². The van der Waals surface area contributed by atoms with Gasteiger partial charge in [-0.2, -0.15) is 0 Å². The zero-order chi connectivity index (χ0) is 8.55. The SMILES string of the molecule is CC(=O)C1=CN=C2SC=CN2C1. The van der Waals surface area contributed by atoms with Crippen LogP contribution < -0.4 is 0 Å². The molecule has 3 nitrogen and oxygen atoms in total. The van der Waals surface area contributed by atoms with Crippen molar-refractivity contribution in [2.24, 2.45) is 4.99 Å². The van der Waals surface area contributed by atoms with Gasteiger partial charge >= 0.3 is 0 Å². The molecule has 0 fully saturated rings. The van der Waals surface area contributed by atoms with E-state index in [0.29, 0.717) is 6.54 Å². The molecule has 0 amide bonds. The second kappa shape index (κ2) is 2.79. The van der Waals surface area contributed by atoms with Crippen molar-refractivity contribution in [3.63, 3.8) is 0 Å². The molecular weight excluding hydrogens is 172 g/mol. The highest BCUT2D eigenvalue weighted by Crippen LogP contribution is 2.23. The summed E-state index contributed by atoms with van der Waals surface area (Å²) in [5.74, 6) is 0.100. The number of thioether (sulfide) groups is 1. The topological polar surface area (TPSA) is 32.7 Å². The fourth-order valence-electron chi connectivity index (χ4n) is 1.08. The number of hydrogen-bond acceptors (Lipinski definition) is 4. The summed E-state index contributed by atoms with van der Waals surface area (Å²) >= 11 is 1.58. The van der Waals surface area contributed by atoms with Crippen molar-refractivity contribution in [2.45, 2.75) is 6.92 Å². The summed E-state index contributed by atoms with van der Waals surface area (Å²) in [6.45, 7) is 2.23. The van der Waals surface area contributed by atoms with E-state index in [1.807, 2.05) is 16.5 Å². The summed E-state index contributed by atoms with van der Waals surface area (Å²) in [7, 11) is 0. The molecule has 0 atom stereocenters. The minimum absolute atomic E-state index is 0.100. The van der Waals surface area contributed by atoms with Crippen molar-refractivity contribution in [2.75, 3.05) is 6.54 Å². The summed E-state index contributed by atoms with van der Waals surface area (Å²) in [5.41, 5.74) is 0.769. The Morgan fingerprint density at radius 3 is 3.33 bits per heavy atom. The van der Waals surface area contributed by atoms with Crippen LogP contribution in [-0.2, 0) is 4.79 Å². The average molecular weight is 180 g/mol. The number of ketones is 1. The van der Waals surface area contributed by atoms with Crippen molar-refractivity contribution >= 4 is 22.7 Å². The number of rotatable bonds is 1. The minimum Gasteiger partial charge on any atom is -0.322 e. The number of aliphatic imine (C=N–C) groups is 1. The summed E-state index contributed by atoms with van der Waals surface area (Å²) in [5, 5.41) is 2.93. The highest BCUT2D eigenvalue weighted by Gasteiger charge is 2.20. The summed E-state index contributed by atoms with van der Waals surface area (Å²) in [6.07, 6.45) is 3.60. The lowest BCUT2D eigenvalue weighted by molar-refractivity contribution is -0.113. The molecule has 0 aliphatic carbocycles. The van der Waals surface area contributed by atoms with Crippen LogP contribution in [0.3, 0.4) is 0 Å². The Labute approximate surface area is 74.8 Å². The van der Waals surface area contributed by atoms with Gasteiger partial charge < -0.3 is 4.90 Å². The molecule has 2 aliphatic rings. The van der Waals surface area contributed by atoms with E-state index in [2.05, 4.69) is 4.99 Å². The maximum atomic E-state index is 11.0. The van der Waals surface area contributed by atoms with Crippen LogP contribution in [0.2, 0.25) is 0 Å². The Morgan fingerprint density at radius 1 is 1.75 bits per heavy atom. The maximum absolute atomic E-state index is 11.0. The summed E-state index contributed by atoms with van der Waals surface area (Å²) in [4.78, 5) is 17.1. The van der Waals surface area contributed by atoms with Crippen LogP contribution in [0.25, 0.3) is 0 Å². The van der Waals surface area contributed by atoms with Crippen LogP contribution in [-0.4, -0.2) is 22.4 Å². The van der Waals surface area contributed by atoms with E-state index in [9.17, 15) is 4.79 Å². The Morgan fingerprint density at radius 2 is 2.58 bits per heavy atom. The number of hydrogen-bond donors (Lipinski definition) is 0. The minimum atomic E-state index is 0.100. The third-order valence-corrected chi connectivity index (χ3v) is 2.59. The third-order valence-electron chi connectivity index (χ3n) is 1.78. The van der Waals surface area contributed by atoms with E-state index in [0.717, 1.165) is 10.7 Å². The van der Waals surface area contributed by atoms with Crippen LogP contribution in [0.15, 0.2) is 28.4 Å². The first kappa shape index (κ1) is 7.61. The van der Waals surface area contributed by atoms with Crippen molar-refractivity contribution in [3.8, 4) is 0 Å². The first-order valence-corrected chi connectivity index (χ1v) is 4.53. The molecule has 0 N–H and O–H groups in total. The quantitative estimate of drug-likeness (QED) is 0.610. The molecule has 0 spiro atoms. The van der Waals surface area contributed by atoms with Gasteiger partial charge in [-0.3, -0.25) is 4.79 Å². The molecule has 0 aromatic rings. The van der Waals surface area contributed by atoms with E-state index >= 15 is 0 Å². The van der Waals surface area contributed by atoms with Crippen LogP contribution in [0.1, 0.15) is 6.92 Å². The van der Waals surface area contributed by atoms with Gasteiger partial charge in [0.25, 0.3) is 0 Å². The van der Waals surface area contributed by atoms with Crippen LogP contribution >= 0.6 is 11.8 Å². The summed E-state index contributed by atoms with van der Waals surface area (Å²) in [6, 6.07) is 0. The predicted molar refractivity (Wildman–Crippen MR) is 49.6 cm³/mol. The van der Waals surface area contributed by atoms with Gasteiger partial charge in [0.15, 0.2) is 11.0 Å². The first-order valence-electron chi connectivity index (χ1n) is 3.65. The molecule has 62 valence electrons. The molecule has 2 rings (SSSR count). The van der Waals surface area contributed by atoms with Gasteiger partial charge in [-0.15, -0.1) is 0 Å². The highest BCUT2D eigenvalue weighted by atomic mass is 32.2. The van der Waals surface area contributed by atoms with Gasteiger partial charge in [0.05, 0.1) is 6.54 Å². The Kier molecular flexibility index (Phi) is 1.77. The smallest absolute Gasteiger partial charge is 0.172 e. The average Bonchev–Trinajstić information content (AvgIpc) is 2.49. The molecule has 0 radical (unpaired) electrons. The molecule has 0 saturated carbocycles. The fourth-order valence-corrected chi connectivity index (χ4v) is 1.78. The third kappa shape index (κ3) is 1.18. The summed E-state index contributed by atoms with van der Waals surface area (Å²) < 4.78 is 0. The van der Waals surface area contributed by atoms with Crippen molar-refractivity contribution < 1.29 is 4.79 Å². The molecule has 2 aliphatic heterocycles. The van der Waals surface area contributed by atoms with E-state index in [4.69, 9.17) is 0 Å². The Bertz CT molecular complexity index is 317. The molecule has 0 unspecified atom stereocenters. The monoisotopic (exact) mass is 180 g/mol. The molecule has 0 bridgehead atoms. The van der Waals surface area contributed by atoms with E-state index in [1.165, 1.54) is 0 Å². The number of carbonyl (C=O) groups excluding carboxylic acids is 1. The molecule has 4 heteroatoms. The normalized spacial score (nSPS) is 20.2. The highest BCUT2D eigenvalue weighted by molar-refractivity contribution is 8.16. The van der Waals surface area contributed by atoms with Gasteiger partial charge in [0, 0.05) is 18.0 Å². The molecule has 0 saturated heterocycles. The number of Topliss-reactive ketones (excluding diaryl/α,β-unsaturated/α-hetero) is 1. The largest absolute Gasteiger partial charge is 0.322 e. The van der Waals surface area contributed by atoms with Gasteiger partial charge in [-0.25, -0.2) is 4.99 Å². The van der Waals surface area contributed by atoms with Gasteiger partial charge in [0.2, 0.25) is 0 Å². The second-order valence-corrected chi connectivity index (χ2v) is 3.53. The zero-order valence-corrected chi connectivity index (χ0v) is 7.47. The fraction of sp³-hybridized carbons (Fsp3) is 0.250. The molecule has 0 aromatic heterocycles. The number of carbonyl (C=O) groups is 1. The number of amidine groups is 1. The van der Waals surface area contributed by atoms with Crippen LogP contribution in [0.4, 0.5) is 0 Å². The van der Waals surface area contributed by atoms with E-state index in [-0.39, 0.29) is 5.78 Å². The second-order valence-electron chi connectivity index (χ2n) is 2.65. The lowest BCUT2D eigenvalue weighted by atomic mass is 10.2. The van der Waals surface area contributed by atoms with Crippen LogP contribution in [0, 0.1) is 0 Å². The lowest BCUT2D eigenvalue weighted by Gasteiger charge is -2.19. The zero-order valence-electron chi connectivity index (χ0n) is 6.65. The van der Waals surface area contributed by atoms with Gasteiger partial charge in [-0.1, -0.05) is 11.8 Å². The van der Waals surface area contributed by atoms with Crippen molar-refractivity contribution in [1.29, 1.82) is 0 Å². The Hall–Kier alpha value is -1.03. The van der Waals surface area contributed by atoms with Gasteiger partial charge in [-0.05, 0) is 12.3 Å². The lowest BCUT2D eigenvalue weighted by Crippen LogP contribution is -2.26. The standard InChI is InChI=1S/C8H8N2OS/c1-6(11)7-4-9-8-10(5-7)2-3-12-8/h2-4H,5H2,1H3. The number of nitrogens with zero attached hydrogens (tertiary/aromatic N) is 2. The maximum Gasteiger partial charge on any atom is 0.172 e. The molecule has 12 heavy (non-hydrogen) atoms.